The molecule has 0 amide bonds. The highest BCUT2D eigenvalue weighted by molar-refractivity contribution is 5.86. The third-order valence-corrected chi connectivity index (χ3v) is 20.9. The quantitative estimate of drug-likeness (QED) is 0.0503. The molecule has 0 atom stereocenters. The van der Waals surface area contributed by atoms with Crippen molar-refractivity contribution in [2.75, 3.05) is 60.2 Å². The van der Waals surface area contributed by atoms with Gasteiger partial charge in [0.25, 0.3) is 0 Å². The average Bonchev–Trinajstić information content (AvgIpc) is 0.801. The lowest BCUT2D eigenvalue weighted by Gasteiger charge is -2.27. The lowest BCUT2D eigenvalue weighted by atomic mass is 10.0. The molecule has 0 fully saturated rings. The van der Waals surface area contributed by atoms with Crippen LogP contribution in [0.2, 0.25) is 0 Å². The largest absolute Gasteiger partial charge is 0.396 e. The van der Waals surface area contributed by atoms with E-state index in [4.69, 9.17) is 9.47 Å². The molecule has 0 saturated heterocycles. The van der Waals surface area contributed by atoms with Gasteiger partial charge in [0.05, 0.1) is 13.2 Å². The van der Waals surface area contributed by atoms with Crippen molar-refractivity contribution in [3.05, 3.63) is 435 Å². The second-order valence-electron chi connectivity index (χ2n) is 28.3. The van der Waals surface area contributed by atoms with Gasteiger partial charge in [0.2, 0.25) is 0 Å². The van der Waals surface area contributed by atoms with Crippen LogP contribution in [0.25, 0.3) is 66.8 Å². The molecule has 16 aromatic carbocycles. The fourth-order valence-electron chi connectivity index (χ4n) is 14.7. The zero-order valence-corrected chi connectivity index (χ0v) is 64.4. The number of rotatable bonds is 28. The molecule has 0 unspecified atom stereocenters. The third kappa shape index (κ3) is 18.6. The minimum Gasteiger partial charge on any atom is -0.396 e. The second-order valence-corrected chi connectivity index (χ2v) is 28.3. The minimum atomic E-state index is 0.130. The SMILES string of the molecule is COCCc1ccc(N(c2ccc(-c3ccccc3)cc2)c2ccc(-c3ccc(N(c4ccc(CCOC)cc4)c4ccc(-c5ccccc5)cc4)cc3)cc2)cc1.OCCc1ccc(N(c2ccc(-c3ccccc3)cc2)c2ccc(-c3ccc(N(c4ccc(CCO)cc4)c4ccc(-c5ccccc5)cc4)cc3)cc2)cc1. The van der Waals surface area contributed by atoms with Gasteiger partial charge < -0.3 is 39.3 Å². The normalized spacial score (nSPS) is 11.0. The Balaban J connectivity index is 0.000000180. The average molecular weight is 1490 g/mol. The number of ether oxygens (including phenoxy) is 2. The molecular weight excluding hydrogens is 1390 g/mol. The molecule has 0 radical (unpaired) electrons. The summed E-state index contributed by atoms with van der Waals surface area (Å²) >= 11 is 0. The molecule has 0 bridgehead atoms. The summed E-state index contributed by atoms with van der Waals surface area (Å²) in [5, 5.41) is 19.0. The molecule has 0 spiro atoms. The Hall–Kier alpha value is -13.4. The maximum atomic E-state index is 9.49. The van der Waals surface area contributed by atoms with Crippen LogP contribution < -0.4 is 19.6 Å². The fraction of sp³-hybridized carbons (Fsp3) is 0.0943. The summed E-state index contributed by atoms with van der Waals surface area (Å²) in [4.78, 5) is 9.20. The maximum absolute atomic E-state index is 9.49. The Morgan fingerprint density at radius 2 is 0.298 bits per heavy atom. The summed E-state index contributed by atoms with van der Waals surface area (Å²) in [6.07, 6.45) is 3.04. The van der Waals surface area contributed by atoms with Gasteiger partial charge in [-0.1, -0.05) is 267 Å². The van der Waals surface area contributed by atoms with Gasteiger partial charge in [-0.3, -0.25) is 0 Å². The van der Waals surface area contributed by atoms with Crippen molar-refractivity contribution in [3.8, 4) is 66.8 Å². The van der Waals surface area contributed by atoms with Crippen molar-refractivity contribution >= 4 is 68.2 Å². The lowest BCUT2D eigenvalue weighted by Crippen LogP contribution is -2.10. The van der Waals surface area contributed by atoms with Crippen molar-refractivity contribution in [1.29, 1.82) is 0 Å². The zero-order valence-electron chi connectivity index (χ0n) is 64.4. The molecule has 0 saturated carbocycles. The molecule has 0 aliphatic carbocycles. The topological polar surface area (TPSA) is 71.9 Å². The summed E-state index contributed by atoms with van der Waals surface area (Å²) in [6, 6.07) is 147. The first-order valence-electron chi connectivity index (χ1n) is 39.1. The lowest BCUT2D eigenvalue weighted by molar-refractivity contribution is 0.202. The summed E-state index contributed by atoms with van der Waals surface area (Å²) in [5.74, 6) is 0. The first-order valence-corrected chi connectivity index (χ1v) is 39.1. The van der Waals surface area contributed by atoms with E-state index in [1.54, 1.807) is 14.2 Å². The second kappa shape index (κ2) is 37.5. The number of benzene rings is 16. The van der Waals surface area contributed by atoms with Crippen LogP contribution in [-0.2, 0) is 35.2 Å². The van der Waals surface area contributed by atoms with E-state index in [0.29, 0.717) is 26.1 Å². The van der Waals surface area contributed by atoms with Crippen molar-refractivity contribution in [2.45, 2.75) is 25.7 Å². The van der Waals surface area contributed by atoms with Crippen LogP contribution in [0.1, 0.15) is 22.3 Å². The Morgan fingerprint density at radius 3 is 0.439 bits per heavy atom. The van der Waals surface area contributed by atoms with Gasteiger partial charge in [-0.25, -0.2) is 0 Å². The van der Waals surface area contributed by atoms with E-state index in [9.17, 15) is 10.2 Å². The van der Waals surface area contributed by atoms with E-state index in [1.165, 1.54) is 55.6 Å². The molecule has 0 heterocycles. The van der Waals surface area contributed by atoms with Gasteiger partial charge in [-0.15, -0.1) is 0 Å². The zero-order chi connectivity index (χ0) is 77.6. The number of aliphatic hydroxyl groups excluding tert-OH is 2. The van der Waals surface area contributed by atoms with E-state index in [-0.39, 0.29) is 13.2 Å². The van der Waals surface area contributed by atoms with Crippen LogP contribution in [0, 0.1) is 0 Å². The first-order chi connectivity index (χ1) is 56.3. The summed E-state index contributed by atoms with van der Waals surface area (Å²) in [6.45, 7) is 1.67. The van der Waals surface area contributed by atoms with Crippen LogP contribution in [0.15, 0.2) is 413 Å². The van der Waals surface area contributed by atoms with E-state index in [0.717, 1.165) is 114 Å². The molecule has 0 aliphatic rings. The number of anilines is 12. The Morgan fingerprint density at radius 1 is 0.167 bits per heavy atom. The van der Waals surface area contributed by atoms with E-state index < -0.39 is 0 Å². The summed E-state index contributed by atoms with van der Waals surface area (Å²) in [5.41, 5.74) is 31.8. The number of nitrogens with zero attached hydrogens (tertiary/aromatic N) is 4. The van der Waals surface area contributed by atoms with Crippen LogP contribution in [-0.4, -0.2) is 50.9 Å². The standard InChI is InChI=1S/C54H48N2O2.C52H44N2O2/c1-57-39-37-41-13-25-49(26-14-41)55(51-29-17-45(18-30-51)43-9-5-3-6-10-43)53-33-21-47(22-34-53)48-23-35-54(36-24-48)56(50-27-15-42(16-28-50)38-40-58-2)52-31-19-46(20-32-52)44-11-7-4-8-12-44;55-37-35-39-11-23-47(24-12-39)53(49-27-15-43(16-28-49)41-7-3-1-4-8-41)51-31-19-45(20-32-51)46-21-33-52(34-22-46)54(48-25-13-40(14-26-48)36-38-56)50-29-17-44(18-30-50)42-9-5-2-6-10-42/h3-36H,37-40H2,1-2H3;1-34,55-56H,35-38H2. The summed E-state index contributed by atoms with van der Waals surface area (Å²) < 4.78 is 10.7. The van der Waals surface area contributed by atoms with E-state index in [1.807, 2.05) is 12.1 Å². The van der Waals surface area contributed by atoms with Crippen LogP contribution in [0.4, 0.5) is 68.2 Å². The number of hydrogen-bond acceptors (Lipinski definition) is 8. The highest BCUT2D eigenvalue weighted by Gasteiger charge is 2.20. The highest BCUT2D eigenvalue weighted by atomic mass is 16.5. The van der Waals surface area contributed by atoms with E-state index >= 15 is 0 Å². The number of methoxy groups -OCH3 is 2. The van der Waals surface area contributed by atoms with Crippen LogP contribution in [0.5, 0.6) is 0 Å². The molecule has 16 aromatic rings. The van der Waals surface area contributed by atoms with Gasteiger partial charge in [0.1, 0.15) is 0 Å². The smallest absolute Gasteiger partial charge is 0.0502 e. The van der Waals surface area contributed by atoms with Gasteiger partial charge in [-0.2, -0.15) is 0 Å². The van der Waals surface area contributed by atoms with Crippen molar-refractivity contribution in [2.24, 2.45) is 0 Å². The van der Waals surface area contributed by atoms with Gasteiger partial charge in [-0.05, 0) is 260 Å². The molecule has 16 rings (SSSR count). The van der Waals surface area contributed by atoms with Gasteiger partial charge >= 0.3 is 0 Å². The fourth-order valence-corrected chi connectivity index (χ4v) is 14.7. The predicted molar refractivity (Wildman–Crippen MR) is 477 cm³/mol. The van der Waals surface area contributed by atoms with Crippen LogP contribution in [0.3, 0.4) is 0 Å². The molecule has 0 aliphatic heterocycles. The van der Waals surface area contributed by atoms with Crippen molar-refractivity contribution < 1.29 is 19.7 Å². The Kier molecular flexibility index (Phi) is 25.0. The molecular formula is C106H92N4O4. The van der Waals surface area contributed by atoms with Gasteiger partial charge in [0.15, 0.2) is 0 Å². The van der Waals surface area contributed by atoms with Crippen molar-refractivity contribution in [3.63, 3.8) is 0 Å². The van der Waals surface area contributed by atoms with Gasteiger partial charge in [0, 0.05) is 95.7 Å². The Labute approximate surface area is 671 Å². The molecule has 114 heavy (non-hydrogen) atoms. The molecule has 560 valence electrons. The highest BCUT2D eigenvalue weighted by Crippen LogP contribution is 2.43. The number of aliphatic hydroxyl groups is 2. The molecule has 8 nitrogen and oxygen atoms in total. The summed E-state index contributed by atoms with van der Waals surface area (Å²) in [7, 11) is 3.50. The predicted octanol–water partition coefficient (Wildman–Crippen LogP) is 26.7. The van der Waals surface area contributed by atoms with E-state index in [2.05, 4.69) is 420 Å². The molecule has 8 heteroatoms. The van der Waals surface area contributed by atoms with Crippen molar-refractivity contribution in [1.82, 2.24) is 0 Å². The first kappa shape index (κ1) is 76.0. The molecule has 2 N–H and O–H groups in total. The third-order valence-electron chi connectivity index (χ3n) is 20.9. The minimum absolute atomic E-state index is 0.130. The number of hydrogen-bond donors (Lipinski definition) is 2. The van der Waals surface area contributed by atoms with Crippen LogP contribution >= 0.6 is 0 Å². The monoisotopic (exact) mass is 1480 g/mol. The maximum Gasteiger partial charge on any atom is 0.0502 e. The molecule has 0 aromatic heterocycles. The Bertz CT molecular complexity index is 5250.